The van der Waals surface area contributed by atoms with Crippen LogP contribution in [0.1, 0.15) is 18.5 Å². The van der Waals surface area contributed by atoms with Gasteiger partial charge in [0, 0.05) is 24.8 Å². The van der Waals surface area contributed by atoms with Crippen LogP contribution in [0.15, 0.2) is 18.2 Å². The van der Waals surface area contributed by atoms with Gasteiger partial charge in [-0.25, -0.2) is 4.39 Å². The summed E-state index contributed by atoms with van der Waals surface area (Å²) in [6, 6.07) is 4.35. The molecule has 0 aliphatic rings. The summed E-state index contributed by atoms with van der Waals surface area (Å²) >= 11 is 0. The van der Waals surface area contributed by atoms with Crippen molar-refractivity contribution in [1.29, 1.82) is 0 Å². The van der Waals surface area contributed by atoms with Crippen molar-refractivity contribution in [2.75, 3.05) is 46.8 Å². The molecule has 120 valence electrons. The highest BCUT2D eigenvalue weighted by atomic mass is 19.1. The molecule has 0 saturated heterocycles. The molecule has 0 spiro atoms. The Kier molecular flexibility index (Phi) is 8.93. The van der Waals surface area contributed by atoms with E-state index in [9.17, 15) is 4.39 Å². The first-order valence-corrected chi connectivity index (χ1v) is 6.97. The molecule has 0 heterocycles. The number of hydrogen-bond donors (Lipinski definition) is 1. The van der Waals surface area contributed by atoms with E-state index in [2.05, 4.69) is 0 Å². The second-order valence-corrected chi connectivity index (χ2v) is 4.54. The van der Waals surface area contributed by atoms with Crippen LogP contribution in [0.25, 0.3) is 0 Å². The summed E-state index contributed by atoms with van der Waals surface area (Å²) in [7, 11) is 1.63. The molecule has 1 rings (SSSR count). The third-order valence-electron chi connectivity index (χ3n) is 2.76. The van der Waals surface area contributed by atoms with Crippen LogP contribution in [0.4, 0.5) is 4.39 Å². The lowest BCUT2D eigenvalue weighted by atomic mass is 10.1. The van der Waals surface area contributed by atoms with E-state index in [0.29, 0.717) is 51.0 Å². The molecule has 0 amide bonds. The number of methoxy groups -OCH3 is 1. The zero-order valence-corrected chi connectivity index (χ0v) is 12.6. The van der Waals surface area contributed by atoms with Crippen molar-refractivity contribution in [3.8, 4) is 5.75 Å². The van der Waals surface area contributed by atoms with Gasteiger partial charge in [0.15, 0.2) is 0 Å². The Morgan fingerprint density at radius 3 is 2.24 bits per heavy atom. The van der Waals surface area contributed by atoms with Crippen molar-refractivity contribution < 1.29 is 23.3 Å². The summed E-state index contributed by atoms with van der Waals surface area (Å²) in [5.74, 6) is 0.117. The molecule has 5 nitrogen and oxygen atoms in total. The van der Waals surface area contributed by atoms with Crippen molar-refractivity contribution in [2.45, 2.75) is 13.0 Å². The van der Waals surface area contributed by atoms with Crippen LogP contribution in [0, 0.1) is 5.82 Å². The van der Waals surface area contributed by atoms with E-state index in [1.165, 1.54) is 6.07 Å². The molecule has 6 heteroatoms. The second-order valence-electron chi connectivity index (χ2n) is 4.54. The van der Waals surface area contributed by atoms with E-state index in [1.54, 1.807) is 26.2 Å². The third-order valence-corrected chi connectivity index (χ3v) is 2.76. The first kappa shape index (κ1) is 17.8. The van der Waals surface area contributed by atoms with Gasteiger partial charge in [0.1, 0.15) is 18.2 Å². The normalized spacial score (nSPS) is 12.4. The van der Waals surface area contributed by atoms with Gasteiger partial charge in [0.05, 0.1) is 33.0 Å². The molecular weight excluding hydrogens is 277 g/mol. The van der Waals surface area contributed by atoms with Gasteiger partial charge >= 0.3 is 0 Å². The minimum Gasteiger partial charge on any atom is -0.491 e. The van der Waals surface area contributed by atoms with Gasteiger partial charge in [-0.1, -0.05) is 6.07 Å². The van der Waals surface area contributed by atoms with E-state index in [4.69, 9.17) is 24.7 Å². The second kappa shape index (κ2) is 10.5. The number of ether oxygens (including phenoxy) is 4. The maximum Gasteiger partial charge on any atom is 0.131 e. The van der Waals surface area contributed by atoms with E-state index in [1.807, 2.05) is 0 Å². The fourth-order valence-electron chi connectivity index (χ4n) is 1.65. The molecule has 1 unspecified atom stereocenters. The largest absolute Gasteiger partial charge is 0.491 e. The van der Waals surface area contributed by atoms with Gasteiger partial charge in [-0.3, -0.25) is 0 Å². The van der Waals surface area contributed by atoms with Gasteiger partial charge in [0.2, 0.25) is 0 Å². The molecule has 1 aromatic rings. The monoisotopic (exact) mass is 301 g/mol. The predicted molar refractivity (Wildman–Crippen MR) is 78.0 cm³/mol. The first-order chi connectivity index (χ1) is 10.1. The lowest BCUT2D eigenvalue weighted by Crippen LogP contribution is -2.12. The molecular formula is C15H24FNO4. The summed E-state index contributed by atoms with van der Waals surface area (Å²) in [4.78, 5) is 0. The van der Waals surface area contributed by atoms with Gasteiger partial charge in [0.25, 0.3) is 0 Å². The smallest absolute Gasteiger partial charge is 0.131 e. The van der Waals surface area contributed by atoms with Crippen molar-refractivity contribution >= 4 is 0 Å². The lowest BCUT2D eigenvalue weighted by Gasteiger charge is -2.11. The van der Waals surface area contributed by atoms with Gasteiger partial charge in [-0.05, 0) is 13.0 Å². The van der Waals surface area contributed by atoms with Crippen LogP contribution in [0.3, 0.4) is 0 Å². The Balaban J connectivity index is 2.11. The highest BCUT2D eigenvalue weighted by Gasteiger charge is 2.07. The Bertz CT molecular complexity index is 401. The molecule has 0 saturated carbocycles. The van der Waals surface area contributed by atoms with E-state index < -0.39 is 0 Å². The van der Waals surface area contributed by atoms with Crippen LogP contribution < -0.4 is 10.5 Å². The Hall–Kier alpha value is -1.21. The summed E-state index contributed by atoms with van der Waals surface area (Å²) in [6.07, 6.45) is 0. The molecule has 1 aromatic carbocycles. The topological polar surface area (TPSA) is 62.9 Å². The molecule has 1 atom stereocenters. The summed E-state index contributed by atoms with van der Waals surface area (Å²) in [6.45, 7) is 4.65. The predicted octanol–water partition coefficient (Wildman–Crippen LogP) is 1.90. The Labute approximate surface area is 125 Å². The van der Waals surface area contributed by atoms with Crippen molar-refractivity contribution in [1.82, 2.24) is 0 Å². The van der Waals surface area contributed by atoms with Gasteiger partial charge < -0.3 is 24.7 Å². The first-order valence-electron chi connectivity index (χ1n) is 6.97. The number of halogens is 1. The van der Waals surface area contributed by atoms with Crippen molar-refractivity contribution in [3.63, 3.8) is 0 Å². The highest BCUT2D eigenvalue weighted by Crippen LogP contribution is 2.20. The number of hydrogen-bond acceptors (Lipinski definition) is 5. The van der Waals surface area contributed by atoms with Crippen molar-refractivity contribution in [2.24, 2.45) is 5.73 Å². The maximum atomic E-state index is 13.7. The summed E-state index contributed by atoms with van der Waals surface area (Å²) < 4.78 is 34.5. The molecule has 0 aromatic heterocycles. The zero-order valence-electron chi connectivity index (χ0n) is 12.6. The molecule has 21 heavy (non-hydrogen) atoms. The van der Waals surface area contributed by atoms with Crippen LogP contribution in [0.2, 0.25) is 0 Å². The fourth-order valence-corrected chi connectivity index (χ4v) is 1.65. The average molecular weight is 301 g/mol. The molecule has 2 N–H and O–H groups in total. The zero-order chi connectivity index (χ0) is 15.5. The minimum absolute atomic E-state index is 0.333. The highest BCUT2D eigenvalue weighted by molar-refractivity contribution is 5.30. The quantitative estimate of drug-likeness (QED) is 0.633. The standard InChI is InChI=1S/C15H24FNO4/c1-12(17)14-4-3-13(11-15(14)16)21-10-9-20-8-7-19-6-5-18-2/h3-4,11-12H,5-10,17H2,1-2H3. The summed E-state index contributed by atoms with van der Waals surface area (Å²) in [5, 5.41) is 0. The molecule has 0 aliphatic heterocycles. The van der Waals surface area contributed by atoms with Crippen LogP contribution in [-0.2, 0) is 14.2 Å². The van der Waals surface area contributed by atoms with Gasteiger partial charge in [-0.2, -0.15) is 0 Å². The SMILES string of the molecule is COCCOCCOCCOc1ccc(C(C)N)c(F)c1. The van der Waals surface area contributed by atoms with E-state index >= 15 is 0 Å². The molecule has 0 fully saturated rings. The lowest BCUT2D eigenvalue weighted by molar-refractivity contribution is 0.0179. The fraction of sp³-hybridized carbons (Fsp3) is 0.600. The number of benzene rings is 1. The van der Waals surface area contributed by atoms with Crippen molar-refractivity contribution in [3.05, 3.63) is 29.6 Å². The summed E-state index contributed by atoms with van der Waals surface area (Å²) in [5.41, 5.74) is 6.12. The molecule has 0 bridgehead atoms. The number of rotatable bonds is 11. The minimum atomic E-state index is -0.352. The van der Waals surface area contributed by atoms with Crippen LogP contribution in [0.5, 0.6) is 5.75 Å². The Morgan fingerprint density at radius 1 is 1.05 bits per heavy atom. The van der Waals surface area contributed by atoms with Crippen LogP contribution >= 0.6 is 0 Å². The van der Waals surface area contributed by atoms with Crippen LogP contribution in [-0.4, -0.2) is 46.8 Å². The maximum absolute atomic E-state index is 13.7. The number of nitrogens with two attached hydrogens (primary N) is 1. The Morgan fingerprint density at radius 2 is 1.67 bits per heavy atom. The molecule has 0 radical (unpaired) electrons. The molecule has 0 aliphatic carbocycles. The average Bonchev–Trinajstić information content (AvgIpc) is 2.45. The third kappa shape index (κ3) is 7.38. The van der Waals surface area contributed by atoms with Gasteiger partial charge in [-0.15, -0.1) is 0 Å². The van der Waals surface area contributed by atoms with E-state index in [-0.39, 0.29) is 11.9 Å². The van der Waals surface area contributed by atoms with E-state index in [0.717, 1.165) is 0 Å².